The first-order chi connectivity index (χ1) is 18.9. The van der Waals surface area contributed by atoms with Crippen LogP contribution in [0.3, 0.4) is 0 Å². The zero-order chi connectivity index (χ0) is 27.8. The van der Waals surface area contributed by atoms with Gasteiger partial charge in [0.15, 0.2) is 16.7 Å². The summed E-state index contributed by atoms with van der Waals surface area (Å²) < 4.78 is 38.7. The lowest BCUT2D eigenvalue weighted by molar-refractivity contribution is -0.128. The van der Waals surface area contributed by atoms with E-state index in [2.05, 4.69) is 10.3 Å². The molecule has 1 fully saturated rings. The number of thioether (sulfide) groups is 1. The van der Waals surface area contributed by atoms with Crippen LogP contribution in [0.15, 0.2) is 71.7 Å². The first-order valence-electron chi connectivity index (χ1n) is 12.6. The fraction of sp³-hybridized carbons (Fsp3) is 0.276. The summed E-state index contributed by atoms with van der Waals surface area (Å²) in [5.41, 5.74) is 1.46. The number of benzene rings is 3. The molecule has 2 amide bonds. The van der Waals surface area contributed by atoms with Crippen LogP contribution < -0.4 is 14.8 Å². The zero-order valence-electron chi connectivity index (χ0n) is 21.7. The van der Waals surface area contributed by atoms with Crippen LogP contribution in [0.5, 0.6) is 11.5 Å². The van der Waals surface area contributed by atoms with E-state index in [-0.39, 0.29) is 18.0 Å². The fourth-order valence-corrected chi connectivity index (χ4v) is 5.16. The quantitative estimate of drug-likeness (QED) is 0.317. The van der Waals surface area contributed by atoms with Crippen LogP contribution in [-0.2, 0) is 16.0 Å². The Kier molecular flexibility index (Phi) is 9.54. The van der Waals surface area contributed by atoms with E-state index in [1.165, 1.54) is 47.4 Å². The van der Waals surface area contributed by atoms with Gasteiger partial charge in [-0.3, -0.25) is 14.5 Å². The van der Waals surface area contributed by atoms with E-state index in [9.17, 15) is 18.4 Å². The molecular formula is C29H29F2N3O4S. The Morgan fingerprint density at radius 3 is 2.44 bits per heavy atom. The summed E-state index contributed by atoms with van der Waals surface area (Å²) in [5, 5.41) is 2.20. The number of nitrogens with zero attached hydrogens (tertiary/aromatic N) is 2. The van der Waals surface area contributed by atoms with Gasteiger partial charge >= 0.3 is 0 Å². The number of amides is 2. The van der Waals surface area contributed by atoms with Crippen molar-refractivity contribution in [1.82, 2.24) is 4.90 Å². The molecule has 1 aliphatic rings. The third-order valence-electron chi connectivity index (χ3n) is 5.82. The van der Waals surface area contributed by atoms with Gasteiger partial charge in [-0.05, 0) is 74.4 Å². The van der Waals surface area contributed by atoms with Gasteiger partial charge in [0.25, 0.3) is 0 Å². The molecule has 7 nitrogen and oxygen atoms in total. The van der Waals surface area contributed by atoms with Crippen LogP contribution in [0.2, 0.25) is 0 Å². The summed E-state index contributed by atoms with van der Waals surface area (Å²) in [7, 11) is 0. The van der Waals surface area contributed by atoms with Gasteiger partial charge in [0, 0.05) is 13.0 Å². The van der Waals surface area contributed by atoms with Crippen LogP contribution in [-0.4, -0.2) is 46.9 Å². The van der Waals surface area contributed by atoms with E-state index in [4.69, 9.17) is 9.47 Å². The molecule has 0 aliphatic carbocycles. The number of halogens is 2. The molecule has 1 saturated heterocycles. The van der Waals surface area contributed by atoms with Gasteiger partial charge in [0.05, 0.1) is 24.6 Å². The van der Waals surface area contributed by atoms with Crippen molar-refractivity contribution in [1.29, 1.82) is 0 Å². The fourth-order valence-electron chi connectivity index (χ4n) is 3.98. The van der Waals surface area contributed by atoms with E-state index in [1.54, 1.807) is 6.07 Å². The Morgan fingerprint density at radius 2 is 1.72 bits per heavy atom. The van der Waals surface area contributed by atoms with Crippen molar-refractivity contribution in [3.63, 3.8) is 0 Å². The Morgan fingerprint density at radius 1 is 1.00 bits per heavy atom. The molecule has 1 heterocycles. The van der Waals surface area contributed by atoms with Crippen molar-refractivity contribution in [2.24, 2.45) is 4.99 Å². The summed E-state index contributed by atoms with van der Waals surface area (Å²) in [6, 6.07) is 17.1. The minimum atomic E-state index is -0.740. The van der Waals surface area contributed by atoms with Gasteiger partial charge in [0.1, 0.15) is 16.9 Å². The van der Waals surface area contributed by atoms with E-state index >= 15 is 0 Å². The summed E-state index contributed by atoms with van der Waals surface area (Å²) in [6.07, 6.45) is 0.337. The lowest BCUT2D eigenvalue weighted by atomic mass is 10.1. The van der Waals surface area contributed by atoms with Crippen LogP contribution in [0, 0.1) is 11.6 Å². The third-order valence-corrected chi connectivity index (χ3v) is 7.00. The molecule has 1 unspecified atom stereocenters. The van der Waals surface area contributed by atoms with Crippen LogP contribution in [0.25, 0.3) is 0 Å². The number of nitrogens with one attached hydrogen (secondary N) is 1. The van der Waals surface area contributed by atoms with Crippen molar-refractivity contribution in [3.05, 3.63) is 83.9 Å². The molecule has 0 saturated carbocycles. The monoisotopic (exact) mass is 553 g/mol. The molecule has 39 heavy (non-hydrogen) atoms. The minimum absolute atomic E-state index is 0.0515. The van der Waals surface area contributed by atoms with E-state index in [0.717, 1.165) is 17.3 Å². The van der Waals surface area contributed by atoms with Crippen molar-refractivity contribution in [3.8, 4) is 11.5 Å². The van der Waals surface area contributed by atoms with E-state index < -0.39 is 22.8 Å². The minimum Gasteiger partial charge on any atom is -0.490 e. The Hall–Kier alpha value is -3.92. The number of amidine groups is 1. The van der Waals surface area contributed by atoms with Crippen molar-refractivity contribution in [2.45, 2.75) is 31.9 Å². The number of para-hydroxylation sites is 1. The molecule has 0 radical (unpaired) electrons. The predicted molar refractivity (Wildman–Crippen MR) is 149 cm³/mol. The first kappa shape index (κ1) is 28.1. The molecule has 1 atom stereocenters. The molecule has 1 N–H and O–H groups in total. The lowest BCUT2D eigenvalue weighted by Crippen LogP contribution is -2.35. The molecule has 0 bridgehead atoms. The molecule has 1 aliphatic heterocycles. The van der Waals surface area contributed by atoms with E-state index in [0.29, 0.717) is 48.5 Å². The zero-order valence-corrected chi connectivity index (χ0v) is 22.5. The summed E-state index contributed by atoms with van der Waals surface area (Å²) >= 11 is 1.16. The highest BCUT2D eigenvalue weighted by atomic mass is 32.2. The first-order valence-corrected chi connectivity index (χ1v) is 13.5. The molecule has 204 valence electrons. The number of hydrogen-bond acceptors (Lipinski definition) is 6. The van der Waals surface area contributed by atoms with Gasteiger partial charge < -0.3 is 14.8 Å². The average Bonchev–Trinajstić information content (AvgIpc) is 3.20. The van der Waals surface area contributed by atoms with Gasteiger partial charge in [-0.2, -0.15) is 0 Å². The Bertz CT molecular complexity index is 1350. The maximum atomic E-state index is 14.0. The van der Waals surface area contributed by atoms with Gasteiger partial charge in [-0.25, -0.2) is 13.8 Å². The van der Waals surface area contributed by atoms with Gasteiger partial charge in [-0.15, -0.1) is 0 Å². The molecule has 0 spiro atoms. The average molecular weight is 554 g/mol. The van der Waals surface area contributed by atoms with Gasteiger partial charge in [-0.1, -0.05) is 30.0 Å². The lowest BCUT2D eigenvalue weighted by Gasteiger charge is -2.17. The second-order valence-corrected chi connectivity index (χ2v) is 9.77. The molecule has 3 aromatic carbocycles. The summed E-state index contributed by atoms with van der Waals surface area (Å²) in [4.78, 5) is 32.2. The maximum absolute atomic E-state index is 14.0. The molecule has 3 aromatic rings. The van der Waals surface area contributed by atoms with Crippen LogP contribution in [0.4, 0.5) is 20.2 Å². The number of rotatable bonds is 11. The number of carbonyl (C=O) groups excluding carboxylic acids is 2. The number of aliphatic imine (C=N–C) groups is 1. The second-order valence-electron chi connectivity index (χ2n) is 8.60. The maximum Gasteiger partial charge on any atom is 0.242 e. The molecule has 10 heteroatoms. The van der Waals surface area contributed by atoms with Crippen molar-refractivity contribution < 1.29 is 27.8 Å². The largest absolute Gasteiger partial charge is 0.490 e. The summed E-state index contributed by atoms with van der Waals surface area (Å²) in [6.45, 7) is 5.08. The second kappa shape index (κ2) is 13.2. The SMILES string of the molecule is CCOc1ccc(CCN2C(=O)C(CC(=O)Nc3ccccc3F)SC2=Nc2ccc(F)cc2)cc1OCC. The van der Waals surface area contributed by atoms with E-state index in [1.807, 2.05) is 32.0 Å². The summed E-state index contributed by atoms with van der Waals surface area (Å²) in [5.74, 6) is -0.438. The standard InChI is InChI=1S/C29H29F2N3O4S/c1-3-37-24-14-9-19(17-25(24)38-4-2)15-16-34-28(36)26(18-27(35)33-23-8-6-5-7-22(23)31)39-29(34)32-21-12-10-20(30)11-13-21/h5-14,17,26H,3-4,15-16,18H2,1-2H3,(H,33,35). The highest BCUT2D eigenvalue weighted by molar-refractivity contribution is 8.15. The highest BCUT2D eigenvalue weighted by Gasteiger charge is 2.39. The number of hydrogen-bond donors (Lipinski definition) is 1. The van der Waals surface area contributed by atoms with Crippen molar-refractivity contribution >= 4 is 40.1 Å². The van der Waals surface area contributed by atoms with Gasteiger partial charge in [0.2, 0.25) is 11.8 Å². The smallest absolute Gasteiger partial charge is 0.242 e. The Labute approximate surface area is 230 Å². The predicted octanol–water partition coefficient (Wildman–Crippen LogP) is 5.97. The highest BCUT2D eigenvalue weighted by Crippen LogP contribution is 2.33. The number of carbonyl (C=O) groups is 2. The Balaban J connectivity index is 1.52. The van der Waals surface area contributed by atoms with Crippen molar-refractivity contribution in [2.75, 3.05) is 25.1 Å². The topological polar surface area (TPSA) is 80.2 Å². The third kappa shape index (κ3) is 7.35. The number of anilines is 1. The molecule has 4 rings (SSSR count). The number of ether oxygens (including phenoxy) is 2. The normalized spacial score (nSPS) is 16.0. The molecule has 0 aromatic heterocycles. The van der Waals surface area contributed by atoms with Crippen LogP contribution >= 0.6 is 11.8 Å². The van der Waals surface area contributed by atoms with Crippen LogP contribution in [0.1, 0.15) is 25.8 Å². The molecular weight excluding hydrogens is 524 g/mol.